The summed E-state index contributed by atoms with van der Waals surface area (Å²) >= 11 is 0. The molecule has 230 valence electrons. The van der Waals surface area contributed by atoms with Crippen molar-refractivity contribution in [3.05, 3.63) is 137 Å². The van der Waals surface area contributed by atoms with Crippen LogP contribution in [-0.4, -0.2) is 37.7 Å². The van der Waals surface area contributed by atoms with Gasteiger partial charge in [-0.2, -0.15) is 0 Å². The third kappa shape index (κ3) is 9.33. The molecule has 2 N–H and O–H groups in total. The number of aryl methyl sites for hydroxylation is 2. The molecule has 0 unspecified atom stereocenters. The molecule has 0 aliphatic heterocycles. The van der Waals surface area contributed by atoms with Gasteiger partial charge in [0.25, 0.3) is 0 Å². The molecular formula is C35H38FN3O4S. The smallest absolute Gasteiger partial charge is 0.243 e. The molecule has 0 aliphatic carbocycles. The molecule has 44 heavy (non-hydrogen) atoms. The van der Waals surface area contributed by atoms with Crippen LogP contribution in [0.5, 0.6) is 0 Å². The molecule has 4 aromatic rings. The molecule has 0 fully saturated rings. The fraction of sp³-hybridized carbons (Fsp3) is 0.257. The lowest BCUT2D eigenvalue weighted by Crippen LogP contribution is -2.50. The maximum Gasteiger partial charge on any atom is 0.243 e. The van der Waals surface area contributed by atoms with Crippen LogP contribution in [0.15, 0.2) is 108 Å². The first-order valence-electron chi connectivity index (χ1n) is 14.6. The number of benzene rings is 4. The normalized spacial score (nSPS) is 12.0. The van der Waals surface area contributed by atoms with Crippen LogP contribution in [0, 0.1) is 12.7 Å². The topological polar surface area (TPSA) is 95.6 Å². The van der Waals surface area contributed by atoms with Gasteiger partial charge in [-0.1, -0.05) is 91.3 Å². The summed E-state index contributed by atoms with van der Waals surface area (Å²) in [7, 11) is -3.58. The predicted octanol–water partition coefficient (Wildman–Crippen LogP) is 5.32. The first kappa shape index (κ1) is 32.6. The molecule has 1 atom stereocenters. The van der Waals surface area contributed by atoms with Crippen molar-refractivity contribution >= 4 is 21.8 Å². The average molecular weight is 616 g/mol. The van der Waals surface area contributed by atoms with Crippen molar-refractivity contribution in [2.75, 3.05) is 6.54 Å². The number of hydrogen-bond donors (Lipinski definition) is 2. The van der Waals surface area contributed by atoms with Crippen molar-refractivity contribution in [2.24, 2.45) is 0 Å². The van der Waals surface area contributed by atoms with E-state index in [0.717, 1.165) is 22.3 Å². The van der Waals surface area contributed by atoms with Gasteiger partial charge in [0, 0.05) is 32.5 Å². The molecule has 0 spiro atoms. The third-order valence-corrected chi connectivity index (χ3v) is 8.88. The van der Waals surface area contributed by atoms with E-state index in [1.54, 1.807) is 36.1 Å². The largest absolute Gasteiger partial charge is 0.350 e. The average Bonchev–Trinajstić information content (AvgIpc) is 3.02. The third-order valence-electron chi connectivity index (χ3n) is 7.32. The number of carbonyl (C=O) groups excluding carboxylic acids is 2. The zero-order valence-corrected chi connectivity index (χ0v) is 25.8. The van der Waals surface area contributed by atoms with E-state index in [9.17, 15) is 22.4 Å². The fourth-order valence-corrected chi connectivity index (χ4v) is 5.90. The van der Waals surface area contributed by atoms with E-state index in [4.69, 9.17) is 0 Å². The molecule has 0 saturated carbocycles. The lowest BCUT2D eigenvalue weighted by atomic mass is 10.0. The van der Waals surface area contributed by atoms with Gasteiger partial charge in [-0.05, 0) is 59.9 Å². The fourth-order valence-electron chi connectivity index (χ4n) is 4.86. The van der Waals surface area contributed by atoms with Crippen molar-refractivity contribution in [1.82, 2.24) is 14.9 Å². The number of hydrogen-bond acceptors (Lipinski definition) is 4. The Hall–Kier alpha value is -4.34. The molecule has 0 saturated heterocycles. The highest BCUT2D eigenvalue weighted by Gasteiger charge is 2.30. The summed E-state index contributed by atoms with van der Waals surface area (Å²) in [6, 6.07) is 28.9. The van der Waals surface area contributed by atoms with Gasteiger partial charge in [0.15, 0.2) is 0 Å². The van der Waals surface area contributed by atoms with Crippen LogP contribution in [0.4, 0.5) is 4.39 Å². The highest BCUT2D eigenvalue weighted by Crippen LogP contribution is 2.19. The molecule has 0 heterocycles. The summed E-state index contributed by atoms with van der Waals surface area (Å²) < 4.78 is 40.8. The van der Waals surface area contributed by atoms with E-state index < -0.39 is 16.1 Å². The number of sulfonamides is 1. The monoisotopic (exact) mass is 615 g/mol. The van der Waals surface area contributed by atoms with Gasteiger partial charge in [0.05, 0.1) is 4.90 Å². The highest BCUT2D eigenvalue weighted by atomic mass is 32.2. The minimum Gasteiger partial charge on any atom is -0.350 e. The van der Waals surface area contributed by atoms with Crippen LogP contribution in [0.1, 0.15) is 41.2 Å². The molecular weight excluding hydrogens is 577 g/mol. The summed E-state index contributed by atoms with van der Waals surface area (Å²) in [5.41, 5.74) is 4.45. The first-order chi connectivity index (χ1) is 21.1. The Morgan fingerprint density at radius 3 is 2.05 bits per heavy atom. The molecule has 2 amide bonds. The Bertz CT molecular complexity index is 1630. The van der Waals surface area contributed by atoms with Crippen LogP contribution in [0.3, 0.4) is 0 Å². The lowest BCUT2D eigenvalue weighted by molar-refractivity contribution is -0.141. The molecule has 4 aromatic carbocycles. The Morgan fingerprint density at radius 1 is 0.795 bits per heavy atom. The van der Waals surface area contributed by atoms with Gasteiger partial charge >= 0.3 is 0 Å². The van der Waals surface area contributed by atoms with Crippen LogP contribution in [0.2, 0.25) is 0 Å². The van der Waals surface area contributed by atoms with E-state index in [1.807, 2.05) is 61.5 Å². The Labute approximate surface area is 259 Å². The summed E-state index contributed by atoms with van der Waals surface area (Å²) in [5.74, 6) is -0.920. The van der Waals surface area contributed by atoms with Crippen molar-refractivity contribution < 1.29 is 22.4 Å². The summed E-state index contributed by atoms with van der Waals surface area (Å²) in [4.78, 5) is 29.4. The van der Waals surface area contributed by atoms with E-state index in [2.05, 4.69) is 10.0 Å². The zero-order valence-electron chi connectivity index (χ0n) is 25.0. The second-order valence-electron chi connectivity index (χ2n) is 10.7. The van der Waals surface area contributed by atoms with E-state index in [1.165, 1.54) is 24.3 Å². The van der Waals surface area contributed by atoms with Crippen molar-refractivity contribution in [1.29, 1.82) is 0 Å². The minimum absolute atomic E-state index is 0.0943. The number of nitrogens with zero attached hydrogens (tertiary/aromatic N) is 1. The van der Waals surface area contributed by atoms with Gasteiger partial charge in [-0.3, -0.25) is 9.59 Å². The molecule has 0 bridgehead atoms. The number of carbonyl (C=O) groups is 2. The molecule has 0 radical (unpaired) electrons. The van der Waals surface area contributed by atoms with Gasteiger partial charge in [-0.15, -0.1) is 0 Å². The van der Waals surface area contributed by atoms with Crippen molar-refractivity contribution in [3.8, 4) is 0 Å². The van der Waals surface area contributed by atoms with Gasteiger partial charge in [-0.25, -0.2) is 17.5 Å². The molecule has 9 heteroatoms. The van der Waals surface area contributed by atoms with Crippen molar-refractivity contribution in [2.45, 2.75) is 57.1 Å². The number of nitrogens with one attached hydrogen (secondary N) is 2. The Kier molecular flexibility index (Phi) is 11.4. The van der Waals surface area contributed by atoms with E-state index in [0.29, 0.717) is 24.9 Å². The second-order valence-corrected chi connectivity index (χ2v) is 12.5. The predicted molar refractivity (Wildman–Crippen MR) is 170 cm³/mol. The standard InChI is InChI=1S/C35H38FN3O4S/c1-3-38-44(42,43)32-20-15-27(16-21-32)17-22-34(40)39(25-30-13-18-31(36)19-14-30)33(23-28-7-5-4-6-8-28)35(41)37-24-29-11-9-26(2)10-12-29/h4-16,18-21,33,38H,3,17,22-25H2,1-2H3,(H,37,41)/t33-/m1/s1. The molecule has 4 rings (SSSR count). The SMILES string of the molecule is CCNS(=O)(=O)c1ccc(CCC(=O)N(Cc2ccc(F)cc2)[C@H](Cc2ccccc2)C(=O)NCc2ccc(C)cc2)cc1. The Balaban J connectivity index is 1.58. The second kappa shape index (κ2) is 15.4. The van der Waals surface area contributed by atoms with E-state index in [-0.39, 0.29) is 42.0 Å². The Morgan fingerprint density at radius 2 is 1.41 bits per heavy atom. The minimum atomic E-state index is -3.58. The number of amides is 2. The van der Waals surface area contributed by atoms with Gasteiger partial charge < -0.3 is 10.2 Å². The molecule has 0 aliphatic rings. The van der Waals surface area contributed by atoms with Crippen LogP contribution in [0.25, 0.3) is 0 Å². The van der Waals surface area contributed by atoms with Crippen LogP contribution >= 0.6 is 0 Å². The molecule has 7 nitrogen and oxygen atoms in total. The van der Waals surface area contributed by atoms with Crippen LogP contribution < -0.4 is 10.0 Å². The zero-order chi connectivity index (χ0) is 31.5. The maximum absolute atomic E-state index is 13.9. The summed E-state index contributed by atoms with van der Waals surface area (Å²) in [6.45, 7) is 4.42. The molecule has 0 aromatic heterocycles. The summed E-state index contributed by atoms with van der Waals surface area (Å²) in [6.07, 6.45) is 0.741. The van der Waals surface area contributed by atoms with Crippen molar-refractivity contribution in [3.63, 3.8) is 0 Å². The number of rotatable bonds is 14. The summed E-state index contributed by atoms with van der Waals surface area (Å²) in [5, 5.41) is 3.02. The van der Waals surface area contributed by atoms with Gasteiger partial charge in [0.2, 0.25) is 21.8 Å². The van der Waals surface area contributed by atoms with Crippen LogP contribution in [-0.2, 0) is 45.5 Å². The van der Waals surface area contributed by atoms with E-state index >= 15 is 0 Å². The maximum atomic E-state index is 13.9. The first-order valence-corrected chi connectivity index (χ1v) is 16.1. The van der Waals surface area contributed by atoms with Gasteiger partial charge in [0.1, 0.15) is 11.9 Å². The highest BCUT2D eigenvalue weighted by molar-refractivity contribution is 7.89. The lowest BCUT2D eigenvalue weighted by Gasteiger charge is -2.32. The quantitative estimate of drug-likeness (QED) is 0.201. The number of halogens is 1.